The molecule has 0 aliphatic carbocycles. The molecule has 40 heavy (non-hydrogen) atoms. The van der Waals surface area contributed by atoms with Crippen LogP contribution >= 0.6 is 0 Å². The largest absolute Gasteiger partial charge is 0.507 e. The first-order valence-electron chi connectivity index (χ1n) is 13.2. The third-order valence-corrected chi connectivity index (χ3v) is 6.54. The molecular weight excluding hydrogens is 510 g/mol. The third kappa shape index (κ3) is 6.90. The molecule has 11 heteroatoms. The highest BCUT2D eigenvalue weighted by molar-refractivity contribution is 5.87. The van der Waals surface area contributed by atoms with E-state index in [1.54, 1.807) is 31.3 Å². The van der Waals surface area contributed by atoms with E-state index < -0.39 is 17.7 Å². The van der Waals surface area contributed by atoms with Crippen LogP contribution in [-0.4, -0.2) is 83.6 Å². The highest BCUT2D eigenvalue weighted by Crippen LogP contribution is 2.33. The number of ether oxygens (including phenoxy) is 1. The molecule has 3 aromatic rings. The van der Waals surface area contributed by atoms with E-state index in [1.807, 2.05) is 62.1 Å². The maximum Gasteiger partial charge on any atom is 0.410 e. The van der Waals surface area contributed by atoms with Crippen LogP contribution in [0.1, 0.15) is 20.8 Å². The summed E-state index contributed by atoms with van der Waals surface area (Å²) in [6.45, 7) is 7.50. The topological polar surface area (TPSA) is 137 Å². The van der Waals surface area contributed by atoms with Crippen LogP contribution in [0.2, 0.25) is 0 Å². The fraction of sp³-hybridized carbons (Fsp3) is 0.379. The summed E-state index contributed by atoms with van der Waals surface area (Å²) in [6, 6.07) is 17.9. The average Bonchev–Trinajstić information content (AvgIpc) is 2.93. The van der Waals surface area contributed by atoms with Crippen molar-refractivity contribution in [3.05, 3.63) is 60.7 Å². The monoisotopic (exact) mass is 547 g/mol. The molecule has 1 aliphatic heterocycles. The number of nitrogens with two attached hydrogens (primary N) is 1. The predicted molar refractivity (Wildman–Crippen MR) is 155 cm³/mol. The van der Waals surface area contributed by atoms with Gasteiger partial charge in [0.25, 0.3) is 0 Å². The van der Waals surface area contributed by atoms with E-state index in [-0.39, 0.29) is 24.0 Å². The van der Waals surface area contributed by atoms with Crippen molar-refractivity contribution >= 4 is 29.2 Å². The number of piperazine rings is 1. The molecule has 0 bridgehead atoms. The second-order valence-corrected chi connectivity index (χ2v) is 10.7. The molecule has 0 radical (unpaired) electrons. The quantitative estimate of drug-likeness (QED) is 0.407. The van der Waals surface area contributed by atoms with E-state index in [0.717, 1.165) is 5.69 Å². The lowest BCUT2D eigenvalue weighted by atomic mass is 10.1. The number of hydrogen-bond acceptors (Lipinski definition) is 9. The maximum atomic E-state index is 13.6. The van der Waals surface area contributed by atoms with Crippen molar-refractivity contribution in [3.63, 3.8) is 0 Å². The van der Waals surface area contributed by atoms with Gasteiger partial charge in [0.15, 0.2) is 5.82 Å². The van der Waals surface area contributed by atoms with Crippen LogP contribution in [0.25, 0.3) is 11.3 Å². The first-order valence-corrected chi connectivity index (χ1v) is 13.2. The zero-order valence-electron chi connectivity index (χ0n) is 23.4. The molecule has 1 unspecified atom stereocenters. The summed E-state index contributed by atoms with van der Waals surface area (Å²) in [7, 11) is 1.64. The summed E-state index contributed by atoms with van der Waals surface area (Å²) >= 11 is 0. The van der Waals surface area contributed by atoms with Crippen LogP contribution in [0.3, 0.4) is 0 Å². The summed E-state index contributed by atoms with van der Waals surface area (Å²) in [5.41, 5.74) is 8.26. The number of aromatic hydroxyl groups is 1. The lowest BCUT2D eigenvalue weighted by Crippen LogP contribution is -2.60. The molecule has 2 heterocycles. The van der Waals surface area contributed by atoms with Crippen LogP contribution in [0.5, 0.6) is 5.75 Å². The molecule has 1 fully saturated rings. The number of nitrogens with one attached hydrogen (secondary N) is 1. The molecule has 2 amide bonds. The Hall–Kier alpha value is -4.54. The van der Waals surface area contributed by atoms with Crippen LogP contribution in [0, 0.1) is 0 Å². The smallest absolute Gasteiger partial charge is 0.410 e. The summed E-state index contributed by atoms with van der Waals surface area (Å²) < 4.78 is 5.39. The number of aromatic nitrogens is 2. The number of amides is 2. The number of rotatable bonds is 7. The van der Waals surface area contributed by atoms with Crippen molar-refractivity contribution in [2.75, 3.05) is 55.3 Å². The van der Waals surface area contributed by atoms with Gasteiger partial charge in [-0.15, -0.1) is 10.2 Å². The number of nitrogen functional groups attached to an aromatic ring is 1. The summed E-state index contributed by atoms with van der Waals surface area (Å²) in [4.78, 5) is 31.4. The van der Waals surface area contributed by atoms with Crippen LogP contribution < -0.4 is 20.9 Å². The zero-order chi connectivity index (χ0) is 28.9. The Bertz CT molecular complexity index is 1330. The van der Waals surface area contributed by atoms with Crippen molar-refractivity contribution in [1.82, 2.24) is 20.4 Å². The Kier molecular flexibility index (Phi) is 8.61. The first-order chi connectivity index (χ1) is 19.0. The second-order valence-electron chi connectivity index (χ2n) is 10.7. The normalized spacial score (nSPS) is 15.4. The van der Waals surface area contributed by atoms with Crippen molar-refractivity contribution < 1.29 is 19.4 Å². The van der Waals surface area contributed by atoms with Gasteiger partial charge in [0.1, 0.15) is 17.4 Å². The molecular formula is C29H37N7O4. The molecule has 2 aromatic carbocycles. The van der Waals surface area contributed by atoms with Crippen molar-refractivity contribution in [2.24, 2.45) is 0 Å². The Balaban J connectivity index is 1.52. The lowest BCUT2D eigenvalue weighted by Gasteiger charge is -2.43. The average molecular weight is 548 g/mol. The van der Waals surface area contributed by atoms with Gasteiger partial charge in [-0.3, -0.25) is 4.79 Å². The summed E-state index contributed by atoms with van der Waals surface area (Å²) in [5, 5.41) is 21.6. The molecule has 4 N–H and O–H groups in total. The number of para-hydroxylation sites is 2. The van der Waals surface area contributed by atoms with Gasteiger partial charge in [0, 0.05) is 51.0 Å². The molecule has 1 saturated heterocycles. The van der Waals surface area contributed by atoms with Crippen molar-refractivity contribution in [2.45, 2.75) is 32.4 Å². The summed E-state index contributed by atoms with van der Waals surface area (Å²) in [5.74, 6) is 0.160. The number of phenolic OH excluding ortho intramolecular Hbond substituents is 1. The number of likely N-dealkylation sites (N-methyl/N-ethyl adjacent to an activating group) is 1. The maximum absolute atomic E-state index is 13.6. The number of nitrogens with zero attached hydrogens (tertiary/aromatic N) is 5. The highest BCUT2D eigenvalue weighted by atomic mass is 16.6. The molecule has 4 rings (SSSR count). The fourth-order valence-corrected chi connectivity index (χ4v) is 4.52. The Morgan fingerprint density at radius 3 is 2.50 bits per heavy atom. The van der Waals surface area contributed by atoms with Gasteiger partial charge in [-0.25, -0.2) is 4.79 Å². The fourth-order valence-electron chi connectivity index (χ4n) is 4.52. The van der Waals surface area contributed by atoms with Gasteiger partial charge >= 0.3 is 6.09 Å². The number of carbonyl (C=O) groups is 2. The zero-order valence-corrected chi connectivity index (χ0v) is 23.4. The van der Waals surface area contributed by atoms with E-state index in [1.165, 1.54) is 4.90 Å². The molecule has 1 aliphatic rings. The van der Waals surface area contributed by atoms with Gasteiger partial charge in [0.2, 0.25) is 5.91 Å². The van der Waals surface area contributed by atoms with Crippen LogP contribution in [0.15, 0.2) is 60.7 Å². The second kappa shape index (κ2) is 12.1. The predicted octanol–water partition coefficient (Wildman–Crippen LogP) is 3.11. The first kappa shape index (κ1) is 28.5. The molecule has 212 valence electrons. The number of hydrogen-bond donors (Lipinski definition) is 3. The van der Waals surface area contributed by atoms with Gasteiger partial charge in [-0.2, -0.15) is 0 Å². The number of benzene rings is 2. The minimum atomic E-state index is -0.598. The number of anilines is 3. The molecule has 0 saturated carbocycles. The Morgan fingerprint density at radius 2 is 1.80 bits per heavy atom. The van der Waals surface area contributed by atoms with E-state index in [9.17, 15) is 14.7 Å². The molecule has 0 spiro atoms. The number of phenols is 1. The van der Waals surface area contributed by atoms with E-state index >= 15 is 0 Å². The van der Waals surface area contributed by atoms with E-state index in [0.29, 0.717) is 43.1 Å². The van der Waals surface area contributed by atoms with Gasteiger partial charge in [-0.1, -0.05) is 30.3 Å². The van der Waals surface area contributed by atoms with Crippen LogP contribution in [-0.2, 0) is 9.53 Å². The molecule has 1 atom stereocenters. The number of carbonyl (C=O) groups excluding carboxylic acids is 2. The third-order valence-electron chi connectivity index (χ3n) is 6.54. The molecule has 11 nitrogen and oxygen atoms in total. The van der Waals surface area contributed by atoms with Crippen molar-refractivity contribution in [1.29, 1.82) is 0 Å². The van der Waals surface area contributed by atoms with Gasteiger partial charge < -0.3 is 35.6 Å². The SMILES string of the molecule is CN(CCNC(=O)C1CN(c2cc(-c3ccccc3O)nnc2N)CCN1c1ccccc1)C(=O)OC(C)(C)C. The minimum Gasteiger partial charge on any atom is -0.507 e. The minimum absolute atomic E-state index is 0.0926. The molecule has 1 aromatic heterocycles. The Morgan fingerprint density at radius 1 is 1.10 bits per heavy atom. The summed E-state index contributed by atoms with van der Waals surface area (Å²) in [6.07, 6.45) is -0.447. The highest BCUT2D eigenvalue weighted by Gasteiger charge is 2.34. The van der Waals surface area contributed by atoms with Crippen molar-refractivity contribution in [3.8, 4) is 17.0 Å². The van der Waals surface area contributed by atoms with Gasteiger partial charge in [-0.05, 0) is 51.1 Å². The lowest BCUT2D eigenvalue weighted by molar-refractivity contribution is -0.122. The van der Waals surface area contributed by atoms with E-state index in [4.69, 9.17) is 10.5 Å². The van der Waals surface area contributed by atoms with E-state index in [2.05, 4.69) is 20.4 Å². The van der Waals surface area contributed by atoms with Crippen LogP contribution in [0.4, 0.5) is 22.0 Å². The Labute approximate surface area is 234 Å². The standard InChI is InChI=1S/C29H37N7O4/c1-29(2,3)40-28(39)34(4)15-14-31-27(38)24-19-35(16-17-36(24)20-10-6-5-7-11-20)23-18-22(32-33-26(23)30)21-12-8-9-13-25(21)37/h5-13,18,24,37H,14-17,19H2,1-4H3,(H2,30,33)(H,31,38). The van der Waals surface area contributed by atoms with Gasteiger partial charge in [0.05, 0.1) is 11.4 Å².